The number of fused-ring (bicyclic) bond motifs is 6. The number of hydrogen-bond donors (Lipinski definition) is 0. The molecule has 1 unspecified atom stereocenters. The maximum absolute atomic E-state index is 6.32. The van der Waals surface area contributed by atoms with Crippen molar-refractivity contribution < 1.29 is 4.74 Å². The summed E-state index contributed by atoms with van der Waals surface area (Å²) in [6.45, 7) is 7.88. The van der Waals surface area contributed by atoms with Crippen LogP contribution in [0.5, 0.6) is 5.75 Å². The number of allylic oxidation sites excluding steroid dienone is 5. The quantitative estimate of drug-likeness (QED) is 0.0953. The van der Waals surface area contributed by atoms with Crippen LogP contribution >= 0.6 is 0 Å². The van der Waals surface area contributed by atoms with Crippen molar-refractivity contribution in [3.8, 4) is 33.7 Å². The van der Waals surface area contributed by atoms with Gasteiger partial charge < -0.3 is 14.2 Å². The van der Waals surface area contributed by atoms with E-state index in [0.717, 1.165) is 39.8 Å². The smallest absolute Gasteiger partial charge is 0.126 e. The Balaban J connectivity index is 1.02. The van der Waals surface area contributed by atoms with Crippen molar-refractivity contribution in [1.82, 2.24) is 4.57 Å². The topological polar surface area (TPSA) is 17.4 Å². The fourth-order valence-corrected chi connectivity index (χ4v) is 10.0. The van der Waals surface area contributed by atoms with Gasteiger partial charge in [-0.3, -0.25) is 0 Å². The van der Waals surface area contributed by atoms with Gasteiger partial charge in [-0.25, -0.2) is 0 Å². The highest BCUT2D eigenvalue weighted by Gasteiger charge is 2.46. The van der Waals surface area contributed by atoms with Crippen molar-refractivity contribution in [2.75, 3.05) is 4.90 Å². The number of ether oxygens (including phenoxy) is 1. The Morgan fingerprint density at radius 1 is 0.485 bits per heavy atom. The van der Waals surface area contributed by atoms with Gasteiger partial charge in [-0.05, 0) is 143 Å². The molecule has 0 radical (unpaired) electrons. The van der Waals surface area contributed by atoms with Crippen LogP contribution in [0.3, 0.4) is 0 Å². The summed E-state index contributed by atoms with van der Waals surface area (Å²) in [6.07, 6.45) is 5.85. The van der Waals surface area contributed by atoms with Crippen LogP contribution in [0.1, 0.15) is 36.1 Å². The van der Waals surface area contributed by atoms with Crippen LogP contribution in [-0.4, -0.2) is 4.57 Å². The number of nitrogens with zero attached hydrogens (tertiary/aromatic N) is 2. The van der Waals surface area contributed by atoms with E-state index in [4.69, 9.17) is 4.74 Å². The highest BCUT2D eigenvalue weighted by molar-refractivity contribution is 6.10. The van der Waals surface area contributed by atoms with Crippen molar-refractivity contribution in [3.05, 3.63) is 283 Å². The number of benzene rings is 9. The Morgan fingerprint density at radius 3 is 1.83 bits per heavy atom. The second-order valence-electron chi connectivity index (χ2n) is 17.0. The van der Waals surface area contributed by atoms with Crippen LogP contribution in [0.25, 0.3) is 49.7 Å². The standard InChI is InChI=1S/C63H48N2O/c1-4-44(2)28-29-45(3)66-54-38-33-49(34-39-54)63(48-18-8-5-9-19-48)59-26-16-14-24-55(59)56-40-37-53(43-60(56)63)64(50-20-10-6-11-21-50)52-35-30-46(31-36-52)47-32-41-62-58(42-47)57-25-15-17-27-61(57)65(62)51-22-12-7-13-23-51/h4-43H,1H2,2-3H3/b44-28-,45-29+. The third kappa shape index (κ3) is 6.93. The second kappa shape index (κ2) is 17.0. The first-order valence-corrected chi connectivity index (χ1v) is 22.6. The summed E-state index contributed by atoms with van der Waals surface area (Å²) in [5.74, 6) is 1.60. The van der Waals surface area contributed by atoms with Gasteiger partial charge in [0.2, 0.25) is 0 Å². The summed E-state index contributed by atoms with van der Waals surface area (Å²) in [5, 5.41) is 2.48. The third-order valence-electron chi connectivity index (χ3n) is 13.1. The average molecular weight is 849 g/mol. The van der Waals surface area contributed by atoms with Crippen molar-refractivity contribution in [3.63, 3.8) is 0 Å². The first kappa shape index (κ1) is 40.4. The number of para-hydroxylation sites is 3. The molecule has 0 spiro atoms. The van der Waals surface area contributed by atoms with Crippen LogP contribution in [-0.2, 0) is 5.41 Å². The molecule has 0 saturated heterocycles. The summed E-state index contributed by atoms with van der Waals surface area (Å²) < 4.78 is 8.68. The number of anilines is 3. The van der Waals surface area contributed by atoms with Crippen LogP contribution in [0, 0.1) is 0 Å². The Morgan fingerprint density at radius 2 is 1.08 bits per heavy atom. The first-order chi connectivity index (χ1) is 32.5. The highest BCUT2D eigenvalue weighted by Crippen LogP contribution is 2.57. The van der Waals surface area contributed by atoms with Crippen molar-refractivity contribution in [2.24, 2.45) is 0 Å². The maximum Gasteiger partial charge on any atom is 0.126 e. The maximum atomic E-state index is 6.32. The molecule has 1 aromatic heterocycles. The number of aromatic nitrogens is 1. The van der Waals surface area contributed by atoms with E-state index in [1.165, 1.54) is 66.3 Å². The van der Waals surface area contributed by atoms with Gasteiger partial charge in [0.15, 0.2) is 0 Å². The molecule has 3 heteroatoms. The normalized spacial score (nSPS) is 14.5. The van der Waals surface area contributed by atoms with E-state index in [1.54, 1.807) is 0 Å². The molecule has 1 atom stereocenters. The molecule has 316 valence electrons. The Labute approximate surface area is 387 Å². The average Bonchev–Trinajstić information content (AvgIpc) is 3.87. The molecular formula is C63H48N2O. The molecule has 0 N–H and O–H groups in total. The molecule has 11 rings (SSSR count). The van der Waals surface area contributed by atoms with E-state index >= 15 is 0 Å². The van der Waals surface area contributed by atoms with Crippen LogP contribution in [0.4, 0.5) is 17.1 Å². The fourth-order valence-electron chi connectivity index (χ4n) is 10.0. The summed E-state index contributed by atoms with van der Waals surface area (Å²) in [6, 6.07) is 81.5. The Kier molecular flexibility index (Phi) is 10.4. The van der Waals surface area contributed by atoms with Crippen LogP contribution in [0.2, 0.25) is 0 Å². The zero-order valence-corrected chi connectivity index (χ0v) is 37.1. The predicted octanol–water partition coefficient (Wildman–Crippen LogP) is 16.7. The summed E-state index contributed by atoms with van der Waals surface area (Å²) in [5.41, 5.74) is 17.0. The summed E-state index contributed by atoms with van der Waals surface area (Å²) in [4.78, 5) is 2.38. The lowest BCUT2D eigenvalue weighted by Crippen LogP contribution is -2.28. The minimum absolute atomic E-state index is 0.592. The lowest BCUT2D eigenvalue weighted by molar-refractivity contribution is 0.427. The molecule has 66 heavy (non-hydrogen) atoms. The second-order valence-corrected chi connectivity index (χ2v) is 17.0. The SMILES string of the molecule is C=C/C(C)=C\C=C(/C)Oc1ccc(C2(c3ccccc3)c3ccccc3-c3ccc(N(c4ccccc4)c4ccc(-c5ccc6c(c5)c5ccccc5n6-c5ccccc5)cc4)cc32)cc1. The van der Waals surface area contributed by atoms with Gasteiger partial charge in [-0.1, -0.05) is 170 Å². The zero-order chi connectivity index (χ0) is 44.6. The number of rotatable bonds is 11. The largest absolute Gasteiger partial charge is 0.462 e. The van der Waals surface area contributed by atoms with Gasteiger partial charge in [0.1, 0.15) is 11.5 Å². The van der Waals surface area contributed by atoms with Gasteiger partial charge in [-0.2, -0.15) is 0 Å². The zero-order valence-electron chi connectivity index (χ0n) is 37.1. The van der Waals surface area contributed by atoms with Gasteiger partial charge in [-0.15, -0.1) is 0 Å². The molecule has 1 aliphatic rings. The van der Waals surface area contributed by atoms with Gasteiger partial charge in [0, 0.05) is 33.5 Å². The number of hydrogen-bond acceptors (Lipinski definition) is 2. The molecule has 0 bridgehead atoms. The van der Waals surface area contributed by atoms with Crippen LogP contribution in [0.15, 0.2) is 261 Å². The summed E-state index contributed by atoms with van der Waals surface area (Å²) >= 11 is 0. The van der Waals surface area contributed by atoms with Gasteiger partial charge in [0.05, 0.1) is 16.4 Å². The lowest BCUT2D eigenvalue weighted by atomic mass is 9.67. The molecule has 0 amide bonds. The lowest BCUT2D eigenvalue weighted by Gasteiger charge is -2.35. The van der Waals surface area contributed by atoms with E-state index in [-0.39, 0.29) is 0 Å². The minimum Gasteiger partial charge on any atom is -0.462 e. The van der Waals surface area contributed by atoms with Gasteiger partial charge >= 0.3 is 0 Å². The molecular weight excluding hydrogens is 801 g/mol. The Hall–Kier alpha value is -8.40. The molecule has 0 saturated carbocycles. The van der Waals surface area contributed by atoms with Crippen LogP contribution < -0.4 is 9.64 Å². The fraction of sp³-hybridized carbons (Fsp3) is 0.0476. The van der Waals surface area contributed by atoms with E-state index in [2.05, 4.69) is 241 Å². The summed E-state index contributed by atoms with van der Waals surface area (Å²) in [7, 11) is 0. The molecule has 0 aliphatic heterocycles. The minimum atomic E-state index is -0.592. The Bertz CT molecular complexity index is 3450. The highest BCUT2D eigenvalue weighted by atomic mass is 16.5. The third-order valence-corrected chi connectivity index (χ3v) is 13.1. The van der Waals surface area contributed by atoms with E-state index in [0.29, 0.717) is 0 Å². The van der Waals surface area contributed by atoms with Gasteiger partial charge in [0.25, 0.3) is 0 Å². The van der Waals surface area contributed by atoms with Crippen molar-refractivity contribution >= 4 is 38.9 Å². The van der Waals surface area contributed by atoms with E-state index in [9.17, 15) is 0 Å². The predicted molar refractivity (Wildman–Crippen MR) is 277 cm³/mol. The monoisotopic (exact) mass is 848 g/mol. The van der Waals surface area contributed by atoms with E-state index in [1.807, 2.05) is 32.1 Å². The molecule has 10 aromatic rings. The van der Waals surface area contributed by atoms with E-state index < -0.39 is 5.41 Å². The first-order valence-electron chi connectivity index (χ1n) is 22.6. The molecule has 3 nitrogen and oxygen atoms in total. The van der Waals surface area contributed by atoms with Crippen molar-refractivity contribution in [2.45, 2.75) is 19.3 Å². The molecule has 9 aromatic carbocycles. The van der Waals surface area contributed by atoms with Crippen molar-refractivity contribution in [1.29, 1.82) is 0 Å². The molecule has 0 fully saturated rings. The molecule has 1 heterocycles. The molecule has 1 aliphatic carbocycles.